The van der Waals surface area contributed by atoms with E-state index in [9.17, 15) is 0 Å². The summed E-state index contributed by atoms with van der Waals surface area (Å²) in [5.74, 6) is 1.33. The van der Waals surface area contributed by atoms with Crippen LogP contribution >= 0.6 is 28.3 Å². The molecule has 2 atom stereocenters. The predicted octanol–water partition coefficient (Wildman–Crippen LogP) is 3.81. The first-order valence-corrected chi connectivity index (χ1v) is 8.32. The van der Waals surface area contributed by atoms with E-state index in [1.165, 1.54) is 11.1 Å². The molecule has 0 aromatic heterocycles. The molecule has 0 unspecified atom stereocenters. The molecule has 124 valence electrons. The Bertz CT molecular complexity index is 638. The summed E-state index contributed by atoms with van der Waals surface area (Å²) >= 11 is 3.54. The third-order valence-corrected chi connectivity index (χ3v) is 4.80. The number of ether oxygens (including phenoxy) is 1. The van der Waals surface area contributed by atoms with Gasteiger partial charge in [-0.2, -0.15) is 0 Å². The van der Waals surface area contributed by atoms with Crippen molar-refractivity contribution in [3.8, 4) is 5.75 Å². The Hall–Kier alpha value is -1.07. The Labute approximate surface area is 152 Å². The zero-order chi connectivity index (χ0) is 15.5. The van der Waals surface area contributed by atoms with Crippen LogP contribution in [0.25, 0.3) is 0 Å². The molecule has 0 amide bonds. The Balaban J connectivity index is 0.00000192. The molecular formula is C18H22BrClN2O. The highest BCUT2D eigenvalue weighted by molar-refractivity contribution is 9.10. The number of likely N-dealkylation sites (tertiary alicyclic amines) is 1. The van der Waals surface area contributed by atoms with Crippen molar-refractivity contribution in [2.24, 2.45) is 5.73 Å². The minimum absolute atomic E-state index is 0. The van der Waals surface area contributed by atoms with Crippen LogP contribution in [0.5, 0.6) is 5.75 Å². The molecule has 0 bridgehead atoms. The Kier molecular flexibility index (Phi) is 6.48. The van der Waals surface area contributed by atoms with Gasteiger partial charge in [0.05, 0.1) is 7.11 Å². The Morgan fingerprint density at radius 1 is 1.17 bits per heavy atom. The fourth-order valence-corrected chi connectivity index (χ4v) is 3.62. The SMILES string of the molecule is COc1ccc(Br)cc1CN1C[C@@H](N)[C@H](c2ccccc2)C1.Cl. The number of nitrogens with two attached hydrogens (primary N) is 1. The average molecular weight is 398 g/mol. The van der Waals surface area contributed by atoms with E-state index in [2.05, 4.69) is 51.2 Å². The van der Waals surface area contributed by atoms with E-state index in [1.807, 2.05) is 18.2 Å². The number of halogens is 2. The Morgan fingerprint density at radius 3 is 2.61 bits per heavy atom. The molecule has 2 aromatic rings. The third-order valence-electron chi connectivity index (χ3n) is 4.30. The van der Waals surface area contributed by atoms with E-state index in [1.54, 1.807) is 7.11 Å². The van der Waals surface area contributed by atoms with Gasteiger partial charge in [-0.3, -0.25) is 4.90 Å². The van der Waals surface area contributed by atoms with Crippen LogP contribution < -0.4 is 10.5 Å². The maximum atomic E-state index is 6.37. The molecule has 1 saturated heterocycles. The van der Waals surface area contributed by atoms with E-state index in [0.29, 0.717) is 5.92 Å². The monoisotopic (exact) mass is 396 g/mol. The molecule has 3 rings (SSSR count). The lowest BCUT2D eigenvalue weighted by atomic mass is 9.95. The summed E-state index contributed by atoms with van der Waals surface area (Å²) in [7, 11) is 1.72. The number of hydrogen-bond acceptors (Lipinski definition) is 3. The van der Waals surface area contributed by atoms with Gasteiger partial charge in [0.2, 0.25) is 0 Å². The van der Waals surface area contributed by atoms with Gasteiger partial charge in [-0.25, -0.2) is 0 Å². The van der Waals surface area contributed by atoms with Crippen LogP contribution in [-0.4, -0.2) is 31.1 Å². The lowest BCUT2D eigenvalue weighted by Crippen LogP contribution is -2.28. The van der Waals surface area contributed by atoms with Crippen molar-refractivity contribution in [1.82, 2.24) is 4.90 Å². The molecule has 1 aliphatic rings. The maximum absolute atomic E-state index is 6.37. The van der Waals surface area contributed by atoms with E-state index in [0.717, 1.165) is 29.9 Å². The summed E-state index contributed by atoms with van der Waals surface area (Å²) in [5.41, 5.74) is 8.90. The average Bonchev–Trinajstić information content (AvgIpc) is 2.89. The lowest BCUT2D eigenvalue weighted by molar-refractivity contribution is 0.314. The molecule has 1 heterocycles. The fourth-order valence-electron chi connectivity index (χ4n) is 3.21. The largest absolute Gasteiger partial charge is 0.496 e. The number of benzene rings is 2. The predicted molar refractivity (Wildman–Crippen MR) is 100 cm³/mol. The van der Waals surface area contributed by atoms with Crippen molar-refractivity contribution in [3.05, 3.63) is 64.1 Å². The number of hydrogen-bond donors (Lipinski definition) is 1. The molecule has 1 fully saturated rings. The smallest absolute Gasteiger partial charge is 0.123 e. The molecule has 2 N–H and O–H groups in total. The summed E-state index contributed by atoms with van der Waals surface area (Å²) in [6.45, 7) is 2.76. The zero-order valence-electron chi connectivity index (χ0n) is 13.1. The first kappa shape index (κ1) is 18.3. The van der Waals surface area contributed by atoms with E-state index in [4.69, 9.17) is 10.5 Å². The quantitative estimate of drug-likeness (QED) is 0.852. The van der Waals surface area contributed by atoms with Crippen molar-refractivity contribution in [3.63, 3.8) is 0 Å². The van der Waals surface area contributed by atoms with Crippen molar-refractivity contribution in [2.45, 2.75) is 18.5 Å². The minimum Gasteiger partial charge on any atom is -0.496 e. The van der Waals surface area contributed by atoms with Gasteiger partial charge in [0.25, 0.3) is 0 Å². The second-order valence-corrected chi connectivity index (χ2v) is 6.75. The number of nitrogens with zero attached hydrogens (tertiary/aromatic N) is 1. The topological polar surface area (TPSA) is 38.5 Å². The molecule has 2 aromatic carbocycles. The van der Waals surface area contributed by atoms with Gasteiger partial charge in [0.1, 0.15) is 5.75 Å². The molecule has 1 aliphatic heterocycles. The molecule has 5 heteroatoms. The highest BCUT2D eigenvalue weighted by Crippen LogP contribution is 2.30. The van der Waals surface area contributed by atoms with E-state index in [-0.39, 0.29) is 18.4 Å². The first-order chi connectivity index (χ1) is 10.7. The lowest BCUT2D eigenvalue weighted by Gasteiger charge is -2.18. The van der Waals surface area contributed by atoms with Crippen LogP contribution in [0, 0.1) is 0 Å². The van der Waals surface area contributed by atoms with E-state index < -0.39 is 0 Å². The third kappa shape index (κ3) is 4.27. The second-order valence-electron chi connectivity index (χ2n) is 5.83. The van der Waals surface area contributed by atoms with Crippen LogP contribution in [-0.2, 0) is 6.54 Å². The van der Waals surface area contributed by atoms with Gasteiger partial charge >= 0.3 is 0 Å². The molecule has 0 aliphatic carbocycles. The van der Waals surface area contributed by atoms with Gasteiger partial charge in [-0.1, -0.05) is 46.3 Å². The maximum Gasteiger partial charge on any atom is 0.123 e. The van der Waals surface area contributed by atoms with Crippen molar-refractivity contribution in [2.75, 3.05) is 20.2 Å². The fraction of sp³-hybridized carbons (Fsp3) is 0.333. The minimum atomic E-state index is 0. The summed E-state index contributed by atoms with van der Waals surface area (Å²) in [5, 5.41) is 0. The van der Waals surface area contributed by atoms with Crippen molar-refractivity contribution < 1.29 is 4.74 Å². The highest BCUT2D eigenvalue weighted by Gasteiger charge is 2.31. The van der Waals surface area contributed by atoms with Gasteiger partial charge in [0, 0.05) is 41.6 Å². The van der Waals surface area contributed by atoms with Crippen molar-refractivity contribution >= 4 is 28.3 Å². The zero-order valence-corrected chi connectivity index (χ0v) is 15.5. The molecule has 23 heavy (non-hydrogen) atoms. The standard InChI is InChI=1S/C18H21BrN2O.ClH/c1-22-18-8-7-15(19)9-14(18)10-21-11-16(17(20)12-21)13-5-3-2-4-6-13;/h2-9,16-17H,10-12,20H2,1H3;1H/t16-,17+;/m0./s1. The van der Waals surface area contributed by atoms with Crippen LogP contribution in [0.4, 0.5) is 0 Å². The van der Waals surface area contributed by atoms with Crippen LogP contribution in [0.3, 0.4) is 0 Å². The first-order valence-electron chi connectivity index (χ1n) is 7.52. The summed E-state index contributed by atoms with van der Waals surface area (Å²) in [6.07, 6.45) is 0. The number of rotatable bonds is 4. The Morgan fingerprint density at radius 2 is 1.91 bits per heavy atom. The molecular weight excluding hydrogens is 376 g/mol. The van der Waals surface area contributed by atoms with Crippen LogP contribution in [0.2, 0.25) is 0 Å². The molecule has 0 spiro atoms. The van der Waals surface area contributed by atoms with Crippen LogP contribution in [0.1, 0.15) is 17.0 Å². The molecule has 0 saturated carbocycles. The normalized spacial score (nSPS) is 21.0. The van der Waals surface area contributed by atoms with Gasteiger partial charge in [0.15, 0.2) is 0 Å². The number of methoxy groups -OCH3 is 1. The summed E-state index contributed by atoms with van der Waals surface area (Å²) in [6, 6.07) is 16.9. The molecule has 0 radical (unpaired) electrons. The van der Waals surface area contributed by atoms with Gasteiger partial charge in [-0.15, -0.1) is 12.4 Å². The van der Waals surface area contributed by atoms with E-state index >= 15 is 0 Å². The van der Waals surface area contributed by atoms with Gasteiger partial charge in [-0.05, 0) is 23.8 Å². The summed E-state index contributed by atoms with van der Waals surface area (Å²) in [4.78, 5) is 2.41. The second kappa shape index (κ2) is 8.15. The van der Waals surface area contributed by atoms with Gasteiger partial charge < -0.3 is 10.5 Å². The summed E-state index contributed by atoms with van der Waals surface area (Å²) < 4.78 is 6.55. The van der Waals surface area contributed by atoms with Crippen molar-refractivity contribution in [1.29, 1.82) is 0 Å². The highest BCUT2D eigenvalue weighted by atomic mass is 79.9. The molecule has 3 nitrogen and oxygen atoms in total. The van der Waals surface area contributed by atoms with Crippen LogP contribution in [0.15, 0.2) is 53.0 Å².